The van der Waals surface area contributed by atoms with Crippen molar-refractivity contribution in [3.63, 3.8) is 0 Å². The highest BCUT2D eigenvalue weighted by Gasteiger charge is 1.93. The van der Waals surface area contributed by atoms with Crippen LogP contribution in [-0.2, 0) is 0 Å². The summed E-state index contributed by atoms with van der Waals surface area (Å²) in [5.41, 5.74) is 2.69. The fourth-order valence-electron chi connectivity index (χ4n) is 1.25. The highest BCUT2D eigenvalue weighted by Crippen LogP contribution is 2.20. The highest BCUT2D eigenvalue weighted by atomic mass is 32.1. The molecule has 0 spiro atoms. The van der Waals surface area contributed by atoms with Crippen molar-refractivity contribution in [1.29, 1.82) is 0 Å². The molecule has 2 aromatic heterocycles. The number of hydrogen-bond acceptors (Lipinski definition) is 2. The molecule has 14 heavy (non-hydrogen) atoms. The van der Waals surface area contributed by atoms with Crippen LogP contribution in [0.15, 0.2) is 22.9 Å². The first-order valence-corrected chi connectivity index (χ1v) is 6.28. The van der Waals surface area contributed by atoms with Crippen LogP contribution < -0.4 is 0 Å². The fourth-order valence-corrected chi connectivity index (χ4v) is 2.83. The number of hydrogen-bond donors (Lipinski definition) is 0. The van der Waals surface area contributed by atoms with Gasteiger partial charge in [0.25, 0.3) is 0 Å². The summed E-state index contributed by atoms with van der Waals surface area (Å²) in [5.74, 6) is 0. The fraction of sp³-hybridized carbons (Fsp3) is 0.167. The molecule has 0 nitrogen and oxygen atoms in total. The Morgan fingerprint density at radius 3 is 1.57 bits per heavy atom. The van der Waals surface area contributed by atoms with Crippen LogP contribution in [0.25, 0.3) is 12.2 Å². The van der Waals surface area contributed by atoms with Crippen LogP contribution in [0.5, 0.6) is 0 Å². The van der Waals surface area contributed by atoms with Gasteiger partial charge in [-0.2, -0.15) is 0 Å². The molecule has 0 aromatic carbocycles. The molecule has 0 bridgehead atoms. The average Bonchev–Trinajstić information content (AvgIpc) is 2.72. The van der Waals surface area contributed by atoms with E-state index in [2.05, 4.69) is 48.9 Å². The molecule has 2 aromatic rings. The third kappa shape index (κ3) is 2.34. The van der Waals surface area contributed by atoms with E-state index < -0.39 is 0 Å². The molecule has 0 aliphatic carbocycles. The number of rotatable bonds is 2. The molecular weight excluding hydrogens is 208 g/mol. The second kappa shape index (κ2) is 4.11. The van der Waals surface area contributed by atoms with E-state index >= 15 is 0 Å². The maximum absolute atomic E-state index is 2.21. The summed E-state index contributed by atoms with van der Waals surface area (Å²) in [6.07, 6.45) is 4.37. The topological polar surface area (TPSA) is 0 Å². The van der Waals surface area contributed by atoms with Crippen molar-refractivity contribution in [3.05, 3.63) is 43.8 Å². The zero-order chi connectivity index (χ0) is 9.97. The van der Waals surface area contributed by atoms with Gasteiger partial charge >= 0.3 is 0 Å². The van der Waals surface area contributed by atoms with Gasteiger partial charge < -0.3 is 0 Å². The minimum atomic E-state index is 1.33. The Bertz CT molecular complexity index is 404. The third-order valence-corrected chi connectivity index (χ3v) is 3.94. The molecule has 0 aliphatic rings. The van der Waals surface area contributed by atoms with Gasteiger partial charge in [-0.15, -0.1) is 22.7 Å². The summed E-state index contributed by atoms with van der Waals surface area (Å²) in [5, 5.41) is 4.36. The van der Waals surface area contributed by atoms with Crippen molar-refractivity contribution in [2.24, 2.45) is 0 Å². The predicted molar refractivity (Wildman–Crippen MR) is 67.0 cm³/mol. The van der Waals surface area contributed by atoms with Gasteiger partial charge in [0.1, 0.15) is 0 Å². The molecule has 0 unspecified atom stereocenters. The Balaban J connectivity index is 2.14. The second-order valence-electron chi connectivity index (χ2n) is 3.39. The molecule has 72 valence electrons. The minimum absolute atomic E-state index is 1.33. The van der Waals surface area contributed by atoms with Crippen molar-refractivity contribution >= 4 is 34.8 Å². The highest BCUT2D eigenvalue weighted by molar-refractivity contribution is 7.11. The van der Waals surface area contributed by atoms with Crippen LogP contribution in [-0.4, -0.2) is 0 Å². The van der Waals surface area contributed by atoms with Crippen LogP contribution in [0.1, 0.15) is 20.9 Å². The first kappa shape index (κ1) is 9.69. The lowest BCUT2D eigenvalue weighted by molar-refractivity contribution is 1.55. The molecule has 0 radical (unpaired) electrons. The summed E-state index contributed by atoms with van der Waals surface area (Å²) in [4.78, 5) is 2.65. The van der Waals surface area contributed by atoms with Gasteiger partial charge in [0.05, 0.1) is 0 Å². The molecule has 0 amide bonds. The lowest BCUT2D eigenvalue weighted by Crippen LogP contribution is -1.60. The Morgan fingerprint density at radius 1 is 0.857 bits per heavy atom. The van der Waals surface area contributed by atoms with Crippen molar-refractivity contribution in [3.8, 4) is 0 Å². The maximum Gasteiger partial charge on any atom is 0.0273 e. The van der Waals surface area contributed by atoms with Gasteiger partial charge in [0.15, 0.2) is 0 Å². The van der Waals surface area contributed by atoms with Crippen molar-refractivity contribution in [1.82, 2.24) is 0 Å². The van der Waals surface area contributed by atoms with Gasteiger partial charge in [0.2, 0.25) is 0 Å². The van der Waals surface area contributed by atoms with Gasteiger partial charge in [-0.1, -0.05) is 0 Å². The summed E-state index contributed by atoms with van der Waals surface area (Å²) in [6.45, 7) is 4.26. The van der Waals surface area contributed by atoms with Gasteiger partial charge in [-0.05, 0) is 60.0 Å². The standard InChI is InChI=1S/C12H12S2/c1-9-5-11(13-7-9)3-4-12-6-10(2)8-14-12/h3-8H,1-2H3. The largest absolute Gasteiger partial charge is 0.144 e. The van der Waals surface area contributed by atoms with Crippen LogP contribution in [0.2, 0.25) is 0 Å². The number of aryl methyl sites for hydroxylation is 2. The monoisotopic (exact) mass is 220 g/mol. The molecule has 0 N–H and O–H groups in total. The summed E-state index contributed by atoms with van der Waals surface area (Å²) in [7, 11) is 0. The van der Waals surface area contributed by atoms with E-state index in [1.807, 2.05) is 0 Å². The lowest BCUT2D eigenvalue weighted by Gasteiger charge is -1.83. The normalized spacial score (nSPS) is 11.3. The smallest absolute Gasteiger partial charge is 0.0273 e. The molecule has 2 heteroatoms. The van der Waals surface area contributed by atoms with E-state index in [4.69, 9.17) is 0 Å². The van der Waals surface area contributed by atoms with Crippen molar-refractivity contribution in [2.45, 2.75) is 13.8 Å². The minimum Gasteiger partial charge on any atom is -0.144 e. The molecule has 2 rings (SSSR count). The Hall–Kier alpha value is -0.860. The van der Waals surface area contributed by atoms with E-state index in [0.717, 1.165) is 0 Å². The quantitative estimate of drug-likeness (QED) is 0.694. The number of thiophene rings is 2. The van der Waals surface area contributed by atoms with Crippen LogP contribution in [0.3, 0.4) is 0 Å². The molecule has 0 aliphatic heterocycles. The van der Waals surface area contributed by atoms with Crippen molar-refractivity contribution < 1.29 is 0 Å². The predicted octanol–water partition coefficient (Wildman–Crippen LogP) is 4.60. The first-order valence-electron chi connectivity index (χ1n) is 4.52. The molecular formula is C12H12S2. The Morgan fingerprint density at radius 2 is 1.29 bits per heavy atom. The average molecular weight is 220 g/mol. The lowest BCUT2D eigenvalue weighted by atomic mass is 10.3. The molecule has 0 fully saturated rings. The SMILES string of the molecule is Cc1csc(C=Cc2cc(C)cs2)c1. The van der Waals surface area contributed by atoms with Crippen LogP contribution in [0, 0.1) is 13.8 Å². The van der Waals surface area contributed by atoms with Gasteiger partial charge in [0, 0.05) is 9.75 Å². The van der Waals surface area contributed by atoms with E-state index in [1.54, 1.807) is 22.7 Å². The van der Waals surface area contributed by atoms with Gasteiger partial charge in [-0.3, -0.25) is 0 Å². The third-order valence-electron chi connectivity index (χ3n) is 1.91. The first-order chi connectivity index (χ1) is 6.74. The summed E-state index contributed by atoms with van der Waals surface area (Å²) in [6, 6.07) is 4.42. The molecule has 0 saturated heterocycles. The van der Waals surface area contributed by atoms with Crippen molar-refractivity contribution in [2.75, 3.05) is 0 Å². The van der Waals surface area contributed by atoms with E-state index in [9.17, 15) is 0 Å². The van der Waals surface area contributed by atoms with E-state index in [-0.39, 0.29) is 0 Å². The maximum atomic E-state index is 2.21. The molecule has 0 atom stereocenters. The Labute approximate surface area is 92.5 Å². The van der Waals surface area contributed by atoms with Crippen LogP contribution in [0.4, 0.5) is 0 Å². The zero-order valence-corrected chi connectivity index (χ0v) is 9.91. The van der Waals surface area contributed by atoms with E-state index in [1.165, 1.54) is 20.9 Å². The molecule has 2 heterocycles. The zero-order valence-electron chi connectivity index (χ0n) is 8.28. The summed E-state index contributed by atoms with van der Waals surface area (Å²) >= 11 is 3.59. The van der Waals surface area contributed by atoms with Crippen LogP contribution >= 0.6 is 22.7 Å². The van der Waals surface area contributed by atoms with E-state index in [0.29, 0.717) is 0 Å². The summed E-state index contributed by atoms with van der Waals surface area (Å²) < 4.78 is 0. The Kier molecular flexibility index (Phi) is 2.85. The second-order valence-corrected chi connectivity index (χ2v) is 5.27. The van der Waals surface area contributed by atoms with Gasteiger partial charge in [-0.25, -0.2) is 0 Å². The molecule has 0 saturated carbocycles.